The van der Waals surface area contributed by atoms with E-state index in [9.17, 15) is 0 Å². The van der Waals surface area contributed by atoms with Crippen molar-refractivity contribution in [1.82, 2.24) is 14.5 Å². The van der Waals surface area contributed by atoms with Gasteiger partial charge in [-0.25, -0.2) is 4.98 Å². The molecule has 0 saturated carbocycles. The fourth-order valence-corrected chi connectivity index (χ4v) is 1.86. The Balaban J connectivity index is 2.07. The Labute approximate surface area is 101 Å². The number of aryl methyl sites for hydroxylation is 1. The lowest BCUT2D eigenvalue weighted by atomic mass is 10.1. The van der Waals surface area contributed by atoms with Crippen LogP contribution in [0.1, 0.15) is 5.56 Å². The van der Waals surface area contributed by atoms with Gasteiger partial charge in [-0.15, -0.1) is 0 Å². The molecule has 4 heteroatoms. The van der Waals surface area contributed by atoms with Crippen LogP contribution in [-0.4, -0.2) is 34.6 Å². The normalized spacial score (nSPS) is 10.9. The number of aromatic nitrogens is 2. The predicted octanol–water partition coefficient (Wildman–Crippen LogP) is 1.57. The second-order valence-electron chi connectivity index (χ2n) is 4.32. The molecular weight excluding hydrogens is 212 g/mol. The smallest absolute Gasteiger partial charge is 0.0955 e. The Morgan fingerprint density at radius 1 is 1.47 bits per heavy atom. The molecule has 0 aliphatic carbocycles. The Kier molecular flexibility index (Phi) is 3.40. The van der Waals surface area contributed by atoms with Crippen LogP contribution in [0.3, 0.4) is 0 Å². The van der Waals surface area contributed by atoms with Crippen LogP contribution in [-0.2, 0) is 13.5 Å². The van der Waals surface area contributed by atoms with Gasteiger partial charge in [-0.1, -0.05) is 6.07 Å². The minimum absolute atomic E-state index is 0.478. The molecule has 0 bridgehead atoms. The van der Waals surface area contributed by atoms with Gasteiger partial charge in [-0.05, 0) is 31.2 Å². The van der Waals surface area contributed by atoms with E-state index in [4.69, 9.17) is 5.26 Å². The lowest BCUT2D eigenvalue weighted by Crippen LogP contribution is -2.21. The molecule has 0 radical (unpaired) electrons. The van der Waals surface area contributed by atoms with Crippen molar-refractivity contribution in [1.29, 1.82) is 5.26 Å². The van der Waals surface area contributed by atoms with Crippen molar-refractivity contribution in [2.24, 2.45) is 7.05 Å². The van der Waals surface area contributed by atoms with Gasteiger partial charge in [0.15, 0.2) is 0 Å². The SMILES string of the molecule is CN(CC#N)CCc1ccc2c(c1)ncn2C. The molecule has 1 aromatic carbocycles. The highest BCUT2D eigenvalue weighted by atomic mass is 15.1. The fraction of sp³-hybridized carbons (Fsp3) is 0.385. The van der Waals surface area contributed by atoms with Gasteiger partial charge in [0.1, 0.15) is 0 Å². The third-order valence-electron chi connectivity index (χ3n) is 2.91. The van der Waals surface area contributed by atoms with Gasteiger partial charge >= 0.3 is 0 Å². The van der Waals surface area contributed by atoms with Gasteiger partial charge < -0.3 is 4.57 Å². The number of likely N-dealkylation sites (N-methyl/N-ethyl adjacent to an activating group) is 1. The number of hydrogen-bond donors (Lipinski definition) is 0. The number of nitriles is 1. The first-order valence-electron chi connectivity index (χ1n) is 5.66. The Hall–Kier alpha value is -1.86. The highest BCUT2D eigenvalue weighted by molar-refractivity contribution is 5.75. The van der Waals surface area contributed by atoms with Crippen LogP contribution in [0.15, 0.2) is 24.5 Å². The first kappa shape index (κ1) is 11.6. The molecule has 2 rings (SSSR count). The first-order chi connectivity index (χ1) is 8.20. The van der Waals surface area contributed by atoms with Crippen molar-refractivity contribution in [2.45, 2.75) is 6.42 Å². The van der Waals surface area contributed by atoms with Gasteiger partial charge in [-0.2, -0.15) is 5.26 Å². The predicted molar refractivity (Wildman–Crippen MR) is 67.5 cm³/mol. The van der Waals surface area contributed by atoms with Crippen LogP contribution in [0, 0.1) is 11.3 Å². The summed E-state index contributed by atoms with van der Waals surface area (Å²) in [6, 6.07) is 8.50. The maximum absolute atomic E-state index is 8.57. The summed E-state index contributed by atoms with van der Waals surface area (Å²) in [6.07, 6.45) is 2.78. The van der Waals surface area contributed by atoms with E-state index in [0.29, 0.717) is 6.54 Å². The molecule has 0 fully saturated rings. The molecule has 0 spiro atoms. The summed E-state index contributed by atoms with van der Waals surface area (Å²) in [5.41, 5.74) is 3.45. The van der Waals surface area contributed by atoms with Crippen LogP contribution >= 0.6 is 0 Å². The van der Waals surface area contributed by atoms with Gasteiger partial charge in [0, 0.05) is 13.6 Å². The highest BCUT2D eigenvalue weighted by Crippen LogP contribution is 2.14. The van der Waals surface area contributed by atoms with Crippen LogP contribution in [0.5, 0.6) is 0 Å². The van der Waals surface area contributed by atoms with Gasteiger partial charge in [-0.3, -0.25) is 4.90 Å². The van der Waals surface area contributed by atoms with Crippen LogP contribution < -0.4 is 0 Å². The number of rotatable bonds is 4. The lowest BCUT2D eigenvalue weighted by molar-refractivity contribution is 0.379. The maximum atomic E-state index is 8.57. The number of fused-ring (bicyclic) bond motifs is 1. The van der Waals surface area contributed by atoms with Gasteiger partial charge in [0.2, 0.25) is 0 Å². The van der Waals surface area contributed by atoms with E-state index in [2.05, 4.69) is 29.3 Å². The fourth-order valence-electron chi connectivity index (χ4n) is 1.86. The van der Waals surface area contributed by atoms with E-state index in [1.54, 1.807) is 0 Å². The molecule has 0 aliphatic rings. The zero-order valence-corrected chi connectivity index (χ0v) is 10.2. The molecule has 0 unspecified atom stereocenters. The molecule has 0 amide bonds. The molecule has 0 saturated heterocycles. The van der Waals surface area contributed by atoms with Crippen LogP contribution in [0.4, 0.5) is 0 Å². The molecule has 1 aromatic heterocycles. The number of hydrogen-bond acceptors (Lipinski definition) is 3. The van der Waals surface area contributed by atoms with Crippen molar-refractivity contribution >= 4 is 11.0 Å². The number of nitrogens with zero attached hydrogens (tertiary/aromatic N) is 4. The molecule has 17 heavy (non-hydrogen) atoms. The number of imidazole rings is 1. The summed E-state index contributed by atoms with van der Waals surface area (Å²) in [5.74, 6) is 0. The minimum atomic E-state index is 0.478. The van der Waals surface area contributed by atoms with Crippen molar-refractivity contribution in [3.63, 3.8) is 0 Å². The monoisotopic (exact) mass is 228 g/mol. The molecule has 1 heterocycles. The van der Waals surface area contributed by atoms with E-state index < -0.39 is 0 Å². The van der Waals surface area contributed by atoms with Crippen LogP contribution in [0.25, 0.3) is 11.0 Å². The van der Waals surface area contributed by atoms with Crippen molar-refractivity contribution in [2.75, 3.05) is 20.1 Å². The molecule has 0 atom stereocenters. The zero-order chi connectivity index (χ0) is 12.3. The molecule has 2 aromatic rings. The molecule has 0 N–H and O–H groups in total. The van der Waals surface area contributed by atoms with Gasteiger partial charge in [0.25, 0.3) is 0 Å². The summed E-state index contributed by atoms with van der Waals surface area (Å²) in [7, 11) is 3.96. The average Bonchev–Trinajstić information content (AvgIpc) is 2.69. The second-order valence-corrected chi connectivity index (χ2v) is 4.32. The summed E-state index contributed by atoms with van der Waals surface area (Å²) in [5, 5.41) is 8.57. The average molecular weight is 228 g/mol. The highest BCUT2D eigenvalue weighted by Gasteiger charge is 2.02. The standard InChI is InChI=1S/C13H16N4/c1-16(8-6-14)7-5-11-3-4-13-12(9-11)15-10-17(13)2/h3-4,9-10H,5,7-8H2,1-2H3. The van der Waals surface area contributed by atoms with E-state index in [0.717, 1.165) is 24.0 Å². The zero-order valence-electron chi connectivity index (χ0n) is 10.2. The Morgan fingerprint density at radius 2 is 2.29 bits per heavy atom. The van der Waals surface area contributed by atoms with Crippen molar-refractivity contribution in [3.8, 4) is 6.07 Å². The summed E-state index contributed by atoms with van der Waals surface area (Å²) in [4.78, 5) is 6.36. The Bertz CT molecular complexity index is 550. The van der Waals surface area contributed by atoms with Gasteiger partial charge in [0.05, 0.1) is 30.0 Å². The second kappa shape index (κ2) is 4.98. The molecule has 4 nitrogen and oxygen atoms in total. The number of benzene rings is 1. The van der Waals surface area contributed by atoms with Crippen molar-refractivity contribution < 1.29 is 0 Å². The van der Waals surface area contributed by atoms with E-state index >= 15 is 0 Å². The molecule has 88 valence electrons. The first-order valence-corrected chi connectivity index (χ1v) is 5.66. The van der Waals surface area contributed by atoms with Crippen LogP contribution in [0.2, 0.25) is 0 Å². The largest absolute Gasteiger partial charge is 0.334 e. The quantitative estimate of drug-likeness (QED) is 0.746. The molecular formula is C13H16N4. The maximum Gasteiger partial charge on any atom is 0.0955 e. The van der Waals surface area contributed by atoms with E-state index in [1.165, 1.54) is 5.56 Å². The minimum Gasteiger partial charge on any atom is -0.334 e. The summed E-state index contributed by atoms with van der Waals surface area (Å²) < 4.78 is 2.01. The molecule has 0 aliphatic heterocycles. The Morgan fingerprint density at radius 3 is 3.06 bits per heavy atom. The summed E-state index contributed by atoms with van der Waals surface area (Å²) >= 11 is 0. The lowest BCUT2D eigenvalue weighted by Gasteiger charge is -2.11. The topological polar surface area (TPSA) is 44.9 Å². The third kappa shape index (κ3) is 2.63. The van der Waals surface area contributed by atoms with Crippen molar-refractivity contribution in [3.05, 3.63) is 30.1 Å². The third-order valence-corrected chi connectivity index (χ3v) is 2.91. The summed E-state index contributed by atoms with van der Waals surface area (Å²) in [6.45, 7) is 1.37. The van der Waals surface area contributed by atoms with E-state index in [1.807, 2.05) is 29.9 Å². The van der Waals surface area contributed by atoms with E-state index in [-0.39, 0.29) is 0 Å².